The zero-order chi connectivity index (χ0) is 17.0. The Labute approximate surface area is 132 Å². The number of hydrogen-bond acceptors (Lipinski definition) is 6. The maximum absolute atomic E-state index is 12.2. The van der Waals surface area contributed by atoms with Crippen LogP contribution in [-0.2, 0) is 14.8 Å². The molecule has 0 radical (unpaired) electrons. The molecular formula is C14H15N3O5S. The second kappa shape index (κ2) is 6.61. The van der Waals surface area contributed by atoms with E-state index in [9.17, 15) is 18.0 Å². The third-order valence-electron chi connectivity index (χ3n) is 2.87. The van der Waals surface area contributed by atoms with Crippen LogP contribution in [-0.4, -0.2) is 37.0 Å². The van der Waals surface area contributed by atoms with Gasteiger partial charge in [0.15, 0.2) is 16.5 Å². The third-order valence-corrected chi connectivity index (χ3v) is 4.16. The SMILES string of the molecule is CCOC(=O)c1cc(S(=O)(=O)Nc2ccc(C(C)=O)cc2)[nH]n1. The molecule has 0 aliphatic carbocycles. The fourth-order valence-corrected chi connectivity index (χ4v) is 2.72. The predicted molar refractivity (Wildman–Crippen MR) is 81.8 cm³/mol. The molecule has 0 amide bonds. The van der Waals surface area contributed by atoms with E-state index >= 15 is 0 Å². The summed E-state index contributed by atoms with van der Waals surface area (Å²) >= 11 is 0. The summed E-state index contributed by atoms with van der Waals surface area (Å²) in [6.07, 6.45) is 0. The van der Waals surface area contributed by atoms with Gasteiger partial charge in [0.25, 0.3) is 10.0 Å². The molecule has 1 heterocycles. The minimum absolute atomic E-state index is 0.118. The highest BCUT2D eigenvalue weighted by molar-refractivity contribution is 7.92. The van der Waals surface area contributed by atoms with Crippen molar-refractivity contribution in [3.63, 3.8) is 0 Å². The van der Waals surface area contributed by atoms with Crippen molar-refractivity contribution in [2.45, 2.75) is 18.9 Å². The Morgan fingerprint density at radius 2 is 1.91 bits per heavy atom. The number of aromatic amines is 1. The molecule has 0 bridgehead atoms. The first kappa shape index (κ1) is 16.7. The Hall–Kier alpha value is -2.68. The van der Waals surface area contributed by atoms with Gasteiger partial charge in [0, 0.05) is 17.3 Å². The fraction of sp³-hybridized carbons (Fsp3) is 0.214. The molecule has 0 unspecified atom stereocenters. The summed E-state index contributed by atoms with van der Waals surface area (Å²) in [7, 11) is -3.93. The standard InChI is InChI=1S/C14H15N3O5S/c1-3-22-14(19)12-8-13(16-15-12)23(20,21)17-11-6-4-10(5-7-11)9(2)18/h4-8,17H,3H2,1-2H3,(H,15,16). The number of rotatable bonds is 6. The summed E-state index contributed by atoms with van der Waals surface area (Å²) in [5.74, 6) is -0.830. The van der Waals surface area contributed by atoms with E-state index in [0.29, 0.717) is 5.56 Å². The molecule has 0 aliphatic rings. The van der Waals surface area contributed by atoms with Crippen molar-refractivity contribution in [2.75, 3.05) is 11.3 Å². The van der Waals surface area contributed by atoms with Gasteiger partial charge in [-0.1, -0.05) is 0 Å². The van der Waals surface area contributed by atoms with Crippen LogP contribution in [0.2, 0.25) is 0 Å². The van der Waals surface area contributed by atoms with E-state index in [1.54, 1.807) is 6.92 Å². The number of ketones is 1. The number of carbonyl (C=O) groups is 2. The number of carbonyl (C=O) groups excluding carboxylic acids is 2. The first-order valence-electron chi connectivity index (χ1n) is 6.70. The minimum atomic E-state index is -3.93. The monoisotopic (exact) mass is 337 g/mol. The first-order valence-corrected chi connectivity index (χ1v) is 8.18. The lowest BCUT2D eigenvalue weighted by Gasteiger charge is -2.06. The van der Waals surface area contributed by atoms with Gasteiger partial charge in [0.1, 0.15) is 0 Å². The molecule has 2 aromatic rings. The quantitative estimate of drug-likeness (QED) is 0.610. The summed E-state index contributed by atoms with van der Waals surface area (Å²) in [6.45, 7) is 3.21. The lowest BCUT2D eigenvalue weighted by Crippen LogP contribution is -2.13. The van der Waals surface area contributed by atoms with Crippen molar-refractivity contribution in [1.82, 2.24) is 10.2 Å². The van der Waals surface area contributed by atoms with E-state index in [0.717, 1.165) is 6.07 Å². The molecule has 23 heavy (non-hydrogen) atoms. The molecule has 0 spiro atoms. The number of anilines is 1. The Balaban J connectivity index is 2.18. The van der Waals surface area contributed by atoms with Gasteiger partial charge in [-0.2, -0.15) is 13.5 Å². The van der Waals surface area contributed by atoms with Crippen molar-refractivity contribution in [1.29, 1.82) is 0 Å². The van der Waals surface area contributed by atoms with Crippen LogP contribution in [0.25, 0.3) is 0 Å². The Morgan fingerprint density at radius 3 is 2.48 bits per heavy atom. The topological polar surface area (TPSA) is 118 Å². The van der Waals surface area contributed by atoms with Crippen LogP contribution in [0.3, 0.4) is 0 Å². The normalized spacial score (nSPS) is 11.0. The van der Waals surface area contributed by atoms with Gasteiger partial charge in [-0.05, 0) is 38.1 Å². The van der Waals surface area contributed by atoms with Crippen molar-refractivity contribution < 1.29 is 22.7 Å². The molecule has 0 saturated heterocycles. The number of aromatic nitrogens is 2. The van der Waals surface area contributed by atoms with E-state index in [1.807, 2.05) is 0 Å². The number of benzene rings is 1. The summed E-state index contributed by atoms with van der Waals surface area (Å²) < 4.78 is 31.5. The van der Waals surface area contributed by atoms with Gasteiger partial charge < -0.3 is 4.74 Å². The molecule has 2 N–H and O–H groups in total. The van der Waals surface area contributed by atoms with Crippen LogP contribution in [0.4, 0.5) is 5.69 Å². The molecule has 2 rings (SSSR count). The van der Waals surface area contributed by atoms with Gasteiger partial charge in [0.2, 0.25) is 0 Å². The number of H-pyrrole nitrogens is 1. The van der Waals surface area contributed by atoms with Crippen LogP contribution < -0.4 is 4.72 Å². The Morgan fingerprint density at radius 1 is 1.26 bits per heavy atom. The highest BCUT2D eigenvalue weighted by Gasteiger charge is 2.20. The van der Waals surface area contributed by atoms with Gasteiger partial charge in [-0.25, -0.2) is 4.79 Å². The number of Topliss-reactive ketones (excluding diaryl/α,β-unsaturated/α-hetero) is 1. The predicted octanol–water partition coefficient (Wildman–Crippen LogP) is 1.59. The van der Waals surface area contributed by atoms with Crippen molar-refractivity contribution in [2.24, 2.45) is 0 Å². The number of hydrogen-bond donors (Lipinski definition) is 2. The maximum atomic E-state index is 12.2. The lowest BCUT2D eigenvalue weighted by atomic mass is 10.1. The fourth-order valence-electron chi connectivity index (χ4n) is 1.73. The third kappa shape index (κ3) is 3.95. The molecule has 8 nitrogen and oxygen atoms in total. The summed E-state index contributed by atoms with van der Waals surface area (Å²) in [4.78, 5) is 22.7. The molecule has 0 fully saturated rings. The molecule has 1 aromatic carbocycles. The number of nitrogens with one attached hydrogen (secondary N) is 2. The Kier molecular flexibility index (Phi) is 4.80. The zero-order valence-corrected chi connectivity index (χ0v) is 13.3. The number of sulfonamides is 1. The highest BCUT2D eigenvalue weighted by Crippen LogP contribution is 2.16. The van der Waals surface area contributed by atoms with Crippen LogP contribution in [0, 0.1) is 0 Å². The second-order valence-electron chi connectivity index (χ2n) is 4.58. The number of esters is 1. The summed E-state index contributed by atoms with van der Waals surface area (Å²) in [5, 5.41) is 5.63. The van der Waals surface area contributed by atoms with Crippen LogP contribution in [0.15, 0.2) is 35.4 Å². The summed E-state index contributed by atoms with van der Waals surface area (Å²) in [6, 6.07) is 7.05. The van der Waals surface area contributed by atoms with Gasteiger partial charge in [-0.3, -0.25) is 14.6 Å². The largest absolute Gasteiger partial charge is 0.461 e. The summed E-state index contributed by atoms with van der Waals surface area (Å²) in [5.41, 5.74) is 0.625. The smallest absolute Gasteiger partial charge is 0.358 e. The van der Waals surface area contributed by atoms with Crippen molar-refractivity contribution in [3.8, 4) is 0 Å². The molecule has 0 saturated carbocycles. The van der Waals surface area contributed by atoms with Crippen molar-refractivity contribution in [3.05, 3.63) is 41.6 Å². The van der Waals surface area contributed by atoms with E-state index in [1.165, 1.54) is 31.2 Å². The van der Waals surface area contributed by atoms with Crippen LogP contribution in [0.5, 0.6) is 0 Å². The lowest BCUT2D eigenvalue weighted by molar-refractivity contribution is 0.0519. The molecule has 122 valence electrons. The molecule has 1 aromatic heterocycles. The highest BCUT2D eigenvalue weighted by atomic mass is 32.2. The van der Waals surface area contributed by atoms with Gasteiger partial charge in [0.05, 0.1) is 6.61 Å². The molecule has 0 aliphatic heterocycles. The maximum Gasteiger partial charge on any atom is 0.358 e. The van der Waals surface area contributed by atoms with Crippen LogP contribution >= 0.6 is 0 Å². The van der Waals surface area contributed by atoms with E-state index in [-0.39, 0.29) is 28.8 Å². The molecule has 9 heteroatoms. The second-order valence-corrected chi connectivity index (χ2v) is 6.23. The van der Waals surface area contributed by atoms with E-state index < -0.39 is 16.0 Å². The Bertz CT molecular complexity index is 824. The molecule has 0 atom stereocenters. The minimum Gasteiger partial charge on any atom is -0.461 e. The van der Waals surface area contributed by atoms with Gasteiger partial charge in [-0.15, -0.1) is 0 Å². The average Bonchev–Trinajstić information content (AvgIpc) is 2.98. The van der Waals surface area contributed by atoms with Crippen molar-refractivity contribution >= 4 is 27.5 Å². The van der Waals surface area contributed by atoms with E-state index in [2.05, 4.69) is 14.9 Å². The zero-order valence-electron chi connectivity index (χ0n) is 12.5. The van der Waals surface area contributed by atoms with E-state index in [4.69, 9.17) is 4.74 Å². The van der Waals surface area contributed by atoms with Crippen LogP contribution in [0.1, 0.15) is 34.7 Å². The number of nitrogens with zero attached hydrogens (tertiary/aromatic N) is 1. The average molecular weight is 337 g/mol. The van der Waals surface area contributed by atoms with Gasteiger partial charge >= 0.3 is 5.97 Å². The first-order chi connectivity index (χ1) is 10.8. The molecular weight excluding hydrogens is 322 g/mol. The number of ether oxygens (including phenoxy) is 1.